The van der Waals surface area contributed by atoms with E-state index in [1.54, 1.807) is 19.1 Å². The molecule has 1 amide bonds. The molecule has 3 N–H and O–H groups in total. The highest BCUT2D eigenvalue weighted by Crippen LogP contribution is 2.23. The second-order valence-electron chi connectivity index (χ2n) is 4.26. The van der Waals surface area contributed by atoms with Crippen LogP contribution >= 0.6 is 11.6 Å². The minimum absolute atomic E-state index is 0.140. The molecule has 6 heteroatoms. The molecule has 0 radical (unpaired) electrons. The van der Waals surface area contributed by atoms with Crippen LogP contribution in [0, 0.1) is 5.82 Å². The van der Waals surface area contributed by atoms with Crippen LogP contribution in [0.2, 0.25) is 5.02 Å². The molecule has 21 heavy (non-hydrogen) atoms. The lowest BCUT2D eigenvalue weighted by Gasteiger charge is -2.10. The topological polar surface area (TPSA) is 64.3 Å². The Morgan fingerprint density at radius 1 is 1.33 bits per heavy atom. The maximum atomic E-state index is 13.7. The van der Waals surface area contributed by atoms with Crippen molar-refractivity contribution in [1.29, 1.82) is 0 Å². The van der Waals surface area contributed by atoms with E-state index in [1.165, 1.54) is 24.3 Å². The molecule has 0 saturated heterocycles. The van der Waals surface area contributed by atoms with Crippen molar-refractivity contribution >= 4 is 28.9 Å². The third-order valence-corrected chi connectivity index (χ3v) is 2.98. The molecule has 0 aromatic heterocycles. The van der Waals surface area contributed by atoms with Gasteiger partial charge in [-0.15, -0.1) is 0 Å². The van der Waals surface area contributed by atoms with Crippen molar-refractivity contribution in [3.63, 3.8) is 0 Å². The molecule has 0 bridgehead atoms. The Kier molecular flexibility index (Phi) is 4.65. The van der Waals surface area contributed by atoms with Gasteiger partial charge in [-0.3, -0.25) is 4.79 Å². The smallest absolute Gasteiger partial charge is 0.257 e. The highest BCUT2D eigenvalue weighted by Gasteiger charge is 2.12. The number of nitrogen functional groups attached to an aromatic ring is 1. The van der Waals surface area contributed by atoms with Crippen molar-refractivity contribution in [2.45, 2.75) is 6.92 Å². The number of nitrogens with one attached hydrogen (secondary N) is 1. The van der Waals surface area contributed by atoms with E-state index in [1.807, 2.05) is 0 Å². The number of rotatable bonds is 4. The number of benzene rings is 2. The first-order chi connectivity index (χ1) is 10.0. The lowest BCUT2D eigenvalue weighted by Crippen LogP contribution is -2.14. The molecule has 0 unspecified atom stereocenters. The van der Waals surface area contributed by atoms with Gasteiger partial charge in [-0.05, 0) is 37.3 Å². The third-order valence-electron chi connectivity index (χ3n) is 2.75. The third kappa shape index (κ3) is 3.64. The second-order valence-corrected chi connectivity index (χ2v) is 4.70. The minimum atomic E-state index is -0.543. The summed E-state index contributed by atoms with van der Waals surface area (Å²) in [4.78, 5) is 12.1. The zero-order valence-corrected chi connectivity index (χ0v) is 12.1. The average molecular weight is 309 g/mol. The Balaban J connectivity index is 2.17. The number of nitrogens with two attached hydrogens (primary N) is 1. The van der Waals surface area contributed by atoms with Crippen LogP contribution in [0.4, 0.5) is 15.8 Å². The van der Waals surface area contributed by atoms with Crippen molar-refractivity contribution in [3.05, 3.63) is 52.8 Å². The lowest BCUT2D eigenvalue weighted by atomic mass is 10.1. The Labute approximate surface area is 126 Å². The first kappa shape index (κ1) is 15.1. The first-order valence-corrected chi connectivity index (χ1v) is 6.67. The van der Waals surface area contributed by atoms with E-state index < -0.39 is 11.7 Å². The number of hydrogen-bond acceptors (Lipinski definition) is 3. The summed E-state index contributed by atoms with van der Waals surface area (Å²) >= 11 is 5.77. The molecule has 2 aromatic rings. The molecule has 0 heterocycles. The van der Waals surface area contributed by atoms with Crippen molar-refractivity contribution < 1.29 is 13.9 Å². The van der Waals surface area contributed by atoms with Crippen LogP contribution in [0.25, 0.3) is 0 Å². The van der Waals surface area contributed by atoms with Gasteiger partial charge in [0.15, 0.2) is 11.6 Å². The van der Waals surface area contributed by atoms with Gasteiger partial charge >= 0.3 is 0 Å². The SMILES string of the molecule is CCOc1ccc(NC(=O)c2ccc(Cl)cc2N)cc1F. The molecule has 0 atom stereocenters. The minimum Gasteiger partial charge on any atom is -0.491 e. The summed E-state index contributed by atoms with van der Waals surface area (Å²) in [5.74, 6) is -0.840. The van der Waals surface area contributed by atoms with Crippen LogP contribution in [0.1, 0.15) is 17.3 Å². The molecular weight excluding hydrogens is 295 g/mol. The number of halogens is 2. The molecule has 0 fully saturated rings. The predicted octanol–water partition coefficient (Wildman–Crippen LogP) is 3.71. The van der Waals surface area contributed by atoms with Crippen molar-refractivity contribution in [3.8, 4) is 5.75 Å². The van der Waals surface area contributed by atoms with Gasteiger partial charge in [-0.25, -0.2) is 4.39 Å². The zero-order valence-electron chi connectivity index (χ0n) is 11.3. The normalized spacial score (nSPS) is 10.2. The molecule has 0 spiro atoms. The zero-order chi connectivity index (χ0) is 15.4. The first-order valence-electron chi connectivity index (χ1n) is 6.30. The molecule has 0 aliphatic carbocycles. The van der Waals surface area contributed by atoms with E-state index in [9.17, 15) is 9.18 Å². The second kappa shape index (κ2) is 6.45. The molecule has 4 nitrogen and oxygen atoms in total. The quantitative estimate of drug-likeness (QED) is 0.846. The van der Waals surface area contributed by atoms with E-state index in [4.69, 9.17) is 22.1 Å². The van der Waals surface area contributed by atoms with Crippen molar-refractivity contribution in [1.82, 2.24) is 0 Å². The Hall–Kier alpha value is -2.27. The fourth-order valence-corrected chi connectivity index (χ4v) is 1.97. The maximum absolute atomic E-state index is 13.7. The molecule has 2 rings (SSSR count). The molecular formula is C15H14ClFN2O2. The highest BCUT2D eigenvalue weighted by molar-refractivity contribution is 6.31. The summed E-state index contributed by atoms with van der Waals surface area (Å²) in [6.07, 6.45) is 0. The fourth-order valence-electron chi connectivity index (χ4n) is 1.79. The largest absolute Gasteiger partial charge is 0.491 e. The van der Waals surface area contributed by atoms with Gasteiger partial charge < -0.3 is 15.8 Å². The summed E-state index contributed by atoms with van der Waals surface area (Å²) in [7, 11) is 0. The van der Waals surface area contributed by atoms with Crippen molar-refractivity contribution in [2.75, 3.05) is 17.7 Å². The van der Waals surface area contributed by atoms with Crippen LogP contribution in [0.15, 0.2) is 36.4 Å². The van der Waals surface area contributed by atoms with Gasteiger partial charge in [0.25, 0.3) is 5.91 Å². The maximum Gasteiger partial charge on any atom is 0.257 e. The Morgan fingerprint density at radius 3 is 2.71 bits per heavy atom. The monoisotopic (exact) mass is 308 g/mol. The van der Waals surface area contributed by atoms with E-state index in [-0.39, 0.29) is 17.0 Å². The van der Waals surface area contributed by atoms with E-state index in [0.717, 1.165) is 0 Å². The number of hydrogen-bond donors (Lipinski definition) is 2. The van der Waals surface area contributed by atoms with Gasteiger partial charge in [0.1, 0.15) is 0 Å². The summed E-state index contributed by atoms with van der Waals surface area (Å²) in [6.45, 7) is 2.13. The molecule has 0 aliphatic rings. The molecule has 0 saturated carbocycles. The van der Waals surface area contributed by atoms with Gasteiger partial charge in [-0.1, -0.05) is 11.6 Å². The van der Waals surface area contributed by atoms with Crippen LogP contribution in [-0.4, -0.2) is 12.5 Å². The number of carbonyl (C=O) groups is 1. The Bertz CT molecular complexity index is 677. The lowest BCUT2D eigenvalue weighted by molar-refractivity contribution is 0.102. The van der Waals surface area contributed by atoms with Crippen LogP contribution in [0.3, 0.4) is 0 Å². The van der Waals surface area contributed by atoms with Crippen LogP contribution in [-0.2, 0) is 0 Å². The summed E-state index contributed by atoms with van der Waals surface area (Å²) in [5, 5.41) is 3.01. The average Bonchev–Trinajstić information content (AvgIpc) is 2.41. The molecule has 0 aliphatic heterocycles. The van der Waals surface area contributed by atoms with Gasteiger partial charge in [0, 0.05) is 22.5 Å². The van der Waals surface area contributed by atoms with E-state index in [2.05, 4.69) is 5.32 Å². The predicted molar refractivity (Wildman–Crippen MR) is 81.4 cm³/mol. The fraction of sp³-hybridized carbons (Fsp3) is 0.133. The van der Waals surface area contributed by atoms with Gasteiger partial charge in [0.2, 0.25) is 0 Å². The van der Waals surface area contributed by atoms with Gasteiger partial charge in [-0.2, -0.15) is 0 Å². The summed E-state index contributed by atoms with van der Waals surface area (Å²) < 4.78 is 18.8. The van der Waals surface area contributed by atoms with E-state index in [0.29, 0.717) is 17.3 Å². The van der Waals surface area contributed by atoms with Crippen LogP contribution in [0.5, 0.6) is 5.75 Å². The number of amides is 1. The highest BCUT2D eigenvalue weighted by atomic mass is 35.5. The standard InChI is InChI=1S/C15H14ClFN2O2/c1-2-21-14-6-4-10(8-12(14)17)19-15(20)11-5-3-9(16)7-13(11)18/h3-8H,2,18H2,1H3,(H,19,20). The summed E-state index contributed by atoms with van der Waals surface area (Å²) in [6, 6.07) is 8.76. The van der Waals surface area contributed by atoms with Crippen molar-refractivity contribution in [2.24, 2.45) is 0 Å². The number of anilines is 2. The molecule has 2 aromatic carbocycles. The summed E-state index contributed by atoms with van der Waals surface area (Å²) in [5.41, 5.74) is 6.57. The van der Waals surface area contributed by atoms with Crippen LogP contribution < -0.4 is 15.8 Å². The van der Waals surface area contributed by atoms with Gasteiger partial charge in [0.05, 0.1) is 12.2 Å². The Morgan fingerprint density at radius 2 is 2.10 bits per heavy atom. The van der Waals surface area contributed by atoms with E-state index >= 15 is 0 Å². The molecule has 110 valence electrons. The number of carbonyl (C=O) groups excluding carboxylic acids is 1. The number of ether oxygens (including phenoxy) is 1.